The van der Waals surface area contributed by atoms with Crippen molar-refractivity contribution >= 4 is 5.97 Å². The fourth-order valence-corrected chi connectivity index (χ4v) is 1.40. The summed E-state index contributed by atoms with van der Waals surface area (Å²) in [6.07, 6.45) is 2.89. The van der Waals surface area contributed by atoms with Gasteiger partial charge in [0, 0.05) is 0 Å². The van der Waals surface area contributed by atoms with Crippen LogP contribution in [0.1, 0.15) is 21.7 Å². The molecule has 0 N–H and O–H groups in total. The van der Waals surface area contributed by atoms with Crippen LogP contribution < -0.4 is 0 Å². The van der Waals surface area contributed by atoms with Crippen molar-refractivity contribution in [2.24, 2.45) is 5.18 Å². The molecule has 2 aromatic rings. The van der Waals surface area contributed by atoms with Gasteiger partial charge in [-0.1, -0.05) is 23.4 Å². The van der Waals surface area contributed by atoms with E-state index in [-0.39, 0.29) is 13.2 Å². The summed E-state index contributed by atoms with van der Waals surface area (Å²) in [6.45, 7) is 0.0204. The predicted molar refractivity (Wildman–Crippen MR) is 67.1 cm³/mol. The number of hydrogen-bond acceptors (Lipinski definition) is 6. The van der Waals surface area contributed by atoms with E-state index >= 15 is 0 Å². The number of nitrogens with zero attached hydrogens (tertiary/aromatic N) is 3. The van der Waals surface area contributed by atoms with Gasteiger partial charge in [0.05, 0.1) is 29.3 Å². The van der Waals surface area contributed by atoms with Crippen molar-refractivity contribution < 1.29 is 9.53 Å². The maximum atomic E-state index is 11.7. The largest absolute Gasteiger partial charge is 0.456 e. The van der Waals surface area contributed by atoms with Crippen LogP contribution in [0.15, 0.2) is 47.9 Å². The van der Waals surface area contributed by atoms with Gasteiger partial charge in [-0.3, -0.25) is 9.97 Å². The van der Waals surface area contributed by atoms with Gasteiger partial charge >= 0.3 is 5.97 Å². The first-order valence-electron chi connectivity index (χ1n) is 5.60. The molecule has 0 saturated heterocycles. The van der Waals surface area contributed by atoms with E-state index in [2.05, 4.69) is 15.1 Å². The topological polar surface area (TPSA) is 81.5 Å². The molecular weight excluding hydrogens is 246 g/mol. The molecule has 1 aromatic heterocycles. The Morgan fingerprint density at radius 3 is 2.42 bits per heavy atom. The van der Waals surface area contributed by atoms with Crippen molar-refractivity contribution in [2.75, 3.05) is 0 Å². The Hall–Kier alpha value is -2.63. The Morgan fingerprint density at radius 2 is 1.79 bits per heavy atom. The summed E-state index contributed by atoms with van der Waals surface area (Å²) >= 11 is 0. The van der Waals surface area contributed by atoms with Gasteiger partial charge in [-0.15, -0.1) is 0 Å². The van der Waals surface area contributed by atoms with Gasteiger partial charge < -0.3 is 4.74 Å². The maximum Gasteiger partial charge on any atom is 0.338 e. The number of ether oxygens (including phenoxy) is 1. The standard InChI is InChI=1S/C13H11N3O3/c17-13(10-4-2-1-3-5-10)19-9-12-7-14-11(6-15-12)8-16-18/h1-7H,8-9H2. The number of esters is 1. The Labute approximate surface area is 109 Å². The smallest absolute Gasteiger partial charge is 0.338 e. The monoisotopic (exact) mass is 257 g/mol. The number of benzene rings is 1. The molecule has 0 unspecified atom stereocenters. The second-order valence-corrected chi connectivity index (χ2v) is 3.73. The average Bonchev–Trinajstić information content (AvgIpc) is 2.47. The zero-order valence-corrected chi connectivity index (χ0v) is 10.0. The summed E-state index contributed by atoms with van der Waals surface area (Å²) < 4.78 is 5.09. The molecule has 0 atom stereocenters. The number of hydrogen-bond donors (Lipinski definition) is 0. The lowest BCUT2D eigenvalue weighted by Crippen LogP contribution is -2.06. The van der Waals surface area contributed by atoms with Crippen molar-refractivity contribution in [1.29, 1.82) is 0 Å². The van der Waals surface area contributed by atoms with Gasteiger partial charge in [-0.2, -0.15) is 4.91 Å². The zero-order valence-electron chi connectivity index (χ0n) is 10.0. The molecule has 1 heterocycles. The number of aromatic nitrogens is 2. The quantitative estimate of drug-likeness (QED) is 0.605. The fraction of sp³-hybridized carbons (Fsp3) is 0.154. The third kappa shape index (κ3) is 3.67. The highest BCUT2D eigenvalue weighted by atomic mass is 16.5. The zero-order chi connectivity index (χ0) is 13.5. The van der Waals surface area contributed by atoms with E-state index in [1.807, 2.05) is 6.07 Å². The highest BCUT2D eigenvalue weighted by molar-refractivity contribution is 5.89. The number of carbonyl (C=O) groups is 1. The molecule has 19 heavy (non-hydrogen) atoms. The molecule has 6 nitrogen and oxygen atoms in total. The molecule has 0 aliphatic carbocycles. The van der Waals surface area contributed by atoms with Gasteiger partial charge in [0.15, 0.2) is 0 Å². The molecule has 1 aromatic carbocycles. The number of rotatable bonds is 5. The maximum absolute atomic E-state index is 11.7. The van der Waals surface area contributed by atoms with E-state index in [0.29, 0.717) is 17.0 Å². The SMILES string of the molecule is O=NCc1cnc(COC(=O)c2ccccc2)cn1. The molecule has 0 radical (unpaired) electrons. The lowest BCUT2D eigenvalue weighted by Gasteiger charge is -2.04. The van der Waals surface area contributed by atoms with E-state index in [9.17, 15) is 9.70 Å². The van der Waals surface area contributed by atoms with Crippen molar-refractivity contribution in [1.82, 2.24) is 9.97 Å². The normalized spacial score (nSPS) is 9.89. The molecule has 0 aliphatic rings. The molecule has 6 heteroatoms. The van der Waals surface area contributed by atoms with Crippen molar-refractivity contribution in [3.8, 4) is 0 Å². The van der Waals surface area contributed by atoms with Crippen LogP contribution in [0.2, 0.25) is 0 Å². The second kappa shape index (κ2) is 6.34. The van der Waals surface area contributed by atoms with Crippen molar-refractivity contribution in [2.45, 2.75) is 13.2 Å². The minimum Gasteiger partial charge on any atom is -0.456 e. The first-order valence-corrected chi connectivity index (χ1v) is 5.60. The van der Waals surface area contributed by atoms with Crippen LogP contribution in [-0.2, 0) is 17.9 Å². The fourth-order valence-electron chi connectivity index (χ4n) is 1.40. The van der Waals surface area contributed by atoms with Gasteiger partial charge in [0.2, 0.25) is 0 Å². The molecular formula is C13H11N3O3. The Balaban J connectivity index is 1.92. The number of carbonyl (C=O) groups excluding carboxylic acids is 1. The van der Waals surface area contributed by atoms with Crippen molar-refractivity contribution in [3.05, 3.63) is 64.6 Å². The van der Waals surface area contributed by atoms with Crippen LogP contribution in [0, 0.1) is 4.91 Å². The summed E-state index contributed by atoms with van der Waals surface area (Å²) in [7, 11) is 0. The van der Waals surface area contributed by atoms with E-state index in [4.69, 9.17) is 4.74 Å². The Bertz CT molecular complexity index is 555. The summed E-state index contributed by atoms with van der Waals surface area (Å²) in [5.74, 6) is -0.416. The Kier molecular flexibility index (Phi) is 4.28. The summed E-state index contributed by atoms with van der Waals surface area (Å²) in [5, 5.41) is 2.71. The molecule has 96 valence electrons. The van der Waals surface area contributed by atoms with Gasteiger partial charge in [0.1, 0.15) is 13.2 Å². The molecule has 0 spiro atoms. The van der Waals surface area contributed by atoms with Gasteiger partial charge in [0.25, 0.3) is 0 Å². The van der Waals surface area contributed by atoms with Crippen LogP contribution in [-0.4, -0.2) is 15.9 Å². The van der Waals surface area contributed by atoms with Crippen LogP contribution in [0.3, 0.4) is 0 Å². The minimum absolute atomic E-state index is 0.0168. The average molecular weight is 257 g/mol. The molecule has 0 saturated carbocycles. The first kappa shape index (κ1) is 12.8. The molecule has 0 amide bonds. The van der Waals surface area contributed by atoms with Gasteiger partial charge in [-0.25, -0.2) is 4.79 Å². The van der Waals surface area contributed by atoms with E-state index < -0.39 is 5.97 Å². The second-order valence-electron chi connectivity index (χ2n) is 3.73. The van der Waals surface area contributed by atoms with E-state index in [1.165, 1.54) is 12.4 Å². The lowest BCUT2D eigenvalue weighted by atomic mass is 10.2. The summed E-state index contributed by atoms with van der Waals surface area (Å²) in [5.41, 5.74) is 1.48. The third-order valence-electron chi connectivity index (χ3n) is 2.35. The van der Waals surface area contributed by atoms with E-state index in [0.717, 1.165) is 0 Å². The lowest BCUT2D eigenvalue weighted by molar-refractivity contribution is 0.0467. The summed E-state index contributed by atoms with van der Waals surface area (Å²) in [6, 6.07) is 8.69. The molecule has 0 fully saturated rings. The molecule has 2 rings (SSSR count). The van der Waals surface area contributed by atoms with Gasteiger partial charge in [-0.05, 0) is 12.1 Å². The molecule has 0 aliphatic heterocycles. The first-order chi connectivity index (χ1) is 9.29. The molecule has 0 bridgehead atoms. The minimum atomic E-state index is -0.416. The van der Waals surface area contributed by atoms with Crippen LogP contribution in [0.25, 0.3) is 0 Å². The number of nitroso groups, excluding NO2 is 1. The van der Waals surface area contributed by atoms with Crippen molar-refractivity contribution in [3.63, 3.8) is 0 Å². The third-order valence-corrected chi connectivity index (χ3v) is 2.35. The highest BCUT2D eigenvalue weighted by Gasteiger charge is 2.07. The van der Waals surface area contributed by atoms with Crippen LogP contribution >= 0.6 is 0 Å². The van der Waals surface area contributed by atoms with E-state index in [1.54, 1.807) is 24.3 Å². The van der Waals surface area contributed by atoms with Crippen LogP contribution in [0.4, 0.5) is 0 Å². The van der Waals surface area contributed by atoms with Crippen LogP contribution in [0.5, 0.6) is 0 Å². The highest BCUT2D eigenvalue weighted by Crippen LogP contribution is 2.04. The predicted octanol–water partition coefficient (Wildman–Crippen LogP) is 2.10. The Morgan fingerprint density at radius 1 is 1.11 bits per heavy atom. The summed E-state index contributed by atoms with van der Waals surface area (Å²) in [4.78, 5) is 29.7.